The fourth-order valence-corrected chi connectivity index (χ4v) is 3.74. The van der Waals surface area contributed by atoms with Crippen molar-refractivity contribution in [2.45, 2.75) is 38.1 Å². The molecule has 8 nitrogen and oxygen atoms in total. The summed E-state index contributed by atoms with van der Waals surface area (Å²) in [4.78, 5) is 23.5. The quantitative estimate of drug-likeness (QED) is 0.669. The molecule has 0 unspecified atom stereocenters. The summed E-state index contributed by atoms with van der Waals surface area (Å²) in [7, 11) is 1.33. The third kappa shape index (κ3) is 4.89. The van der Waals surface area contributed by atoms with Gasteiger partial charge in [0.1, 0.15) is 5.56 Å². The number of ether oxygens (including phenoxy) is 1. The molecule has 1 aromatic carbocycles. The molecule has 0 spiro atoms. The summed E-state index contributed by atoms with van der Waals surface area (Å²) in [6.07, 6.45) is 7.41. The lowest BCUT2D eigenvalue weighted by Gasteiger charge is -2.21. The third-order valence-electron chi connectivity index (χ3n) is 4.58. The van der Waals surface area contributed by atoms with Gasteiger partial charge in [-0.2, -0.15) is 5.10 Å². The van der Waals surface area contributed by atoms with Crippen molar-refractivity contribution in [2.75, 3.05) is 12.4 Å². The van der Waals surface area contributed by atoms with E-state index < -0.39 is 11.9 Å². The van der Waals surface area contributed by atoms with Crippen molar-refractivity contribution >= 4 is 39.3 Å². The minimum Gasteiger partial charge on any atom is -0.465 e. The second-order valence-electron chi connectivity index (χ2n) is 6.34. The summed E-state index contributed by atoms with van der Waals surface area (Å²) in [5.41, 5.74) is 6.97. The Morgan fingerprint density at radius 2 is 1.96 bits per heavy atom. The number of anilines is 2. The van der Waals surface area contributed by atoms with Gasteiger partial charge in [0.05, 0.1) is 18.7 Å². The molecule has 0 bridgehead atoms. The molecule has 3 N–H and O–H groups in total. The van der Waals surface area contributed by atoms with Crippen molar-refractivity contribution in [1.29, 1.82) is 5.26 Å². The summed E-state index contributed by atoms with van der Waals surface area (Å²) in [5, 5.41) is 14.2. The zero-order valence-electron chi connectivity index (χ0n) is 15.5. The van der Waals surface area contributed by atoms with E-state index in [-0.39, 0.29) is 0 Å². The predicted molar refractivity (Wildman–Crippen MR) is 108 cm³/mol. The number of hydrogen-bond acceptors (Lipinski definition) is 6. The van der Waals surface area contributed by atoms with Crippen molar-refractivity contribution < 1.29 is 14.3 Å². The van der Waals surface area contributed by atoms with Crippen LogP contribution in [0.4, 0.5) is 11.5 Å². The molecule has 148 valence electrons. The molecule has 0 radical (unpaired) electrons. The molecule has 9 heteroatoms. The molecule has 1 aliphatic rings. The highest BCUT2D eigenvalue weighted by atomic mass is 79.9. The molecular weight excluding hydrogens is 426 g/mol. The molecular formula is C19H22BrN5O3. The fraction of sp³-hybridized carbons (Fsp3) is 0.368. The Morgan fingerprint density at radius 1 is 1.29 bits per heavy atom. The van der Waals surface area contributed by atoms with Crippen molar-refractivity contribution in [2.24, 2.45) is 5.73 Å². The smallest absolute Gasteiger partial charge is 0.339 e. The molecule has 28 heavy (non-hydrogen) atoms. The number of aromatic nitrogens is 2. The van der Waals surface area contributed by atoms with Gasteiger partial charge in [0, 0.05) is 22.9 Å². The van der Waals surface area contributed by atoms with Gasteiger partial charge in [-0.3, -0.25) is 9.48 Å². The van der Waals surface area contributed by atoms with Gasteiger partial charge in [-0.05, 0) is 47.0 Å². The van der Waals surface area contributed by atoms with Crippen LogP contribution in [0.25, 0.3) is 0 Å². The van der Waals surface area contributed by atoms with Crippen LogP contribution in [0.1, 0.15) is 58.9 Å². The van der Waals surface area contributed by atoms with Gasteiger partial charge in [0.25, 0.3) is 5.91 Å². The molecule has 0 aliphatic heterocycles. The maximum absolute atomic E-state index is 11.8. The molecule has 1 aliphatic carbocycles. The lowest BCUT2D eigenvalue weighted by molar-refractivity contribution is 0.0599. The first-order valence-corrected chi connectivity index (χ1v) is 9.58. The van der Waals surface area contributed by atoms with Gasteiger partial charge in [-0.1, -0.05) is 19.3 Å². The number of primary amides is 1. The molecule has 1 fully saturated rings. The molecule has 3 rings (SSSR count). The number of nitriles is 1. The van der Waals surface area contributed by atoms with E-state index in [0.29, 0.717) is 33.1 Å². The van der Waals surface area contributed by atoms with E-state index in [2.05, 4.69) is 32.9 Å². The number of methoxy groups -OCH3 is 1. The lowest BCUT2D eigenvalue weighted by Crippen LogP contribution is -2.14. The van der Waals surface area contributed by atoms with Crippen LogP contribution in [-0.2, 0) is 4.74 Å². The number of nitrogens with two attached hydrogens (primary N) is 1. The first-order valence-electron chi connectivity index (χ1n) is 8.79. The first kappa shape index (κ1) is 21.4. The van der Waals surface area contributed by atoms with Crippen LogP contribution < -0.4 is 11.1 Å². The Labute approximate surface area is 171 Å². The number of halogens is 1. The van der Waals surface area contributed by atoms with Gasteiger partial charge in [-0.25, -0.2) is 10.1 Å². The van der Waals surface area contributed by atoms with Crippen LogP contribution in [0.5, 0.6) is 0 Å². The average Bonchev–Trinajstić information content (AvgIpc) is 3.14. The summed E-state index contributed by atoms with van der Waals surface area (Å²) < 4.78 is 7.16. The topological polar surface area (TPSA) is 123 Å². The van der Waals surface area contributed by atoms with E-state index in [9.17, 15) is 9.59 Å². The summed E-state index contributed by atoms with van der Waals surface area (Å²) >= 11 is 3.36. The Balaban J connectivity index is 0.00000136. The summed E-state index contributed by atoms with van der Waals surface area (Å²) in [6.45, 7) is 3.50. The zero-order chi connectivity index (χ0) is 20.7. The predicted octanol–water partition coefficient (Wildman–Crippen LogP) is 3.92. The van der Waals surface area contributed by atoms with Crippen LogP contribution in [0, 0.1) is 11.8 Å². The number of nitrogens with zero attached hydrogens (tertiary/aromatic N) is 3. The Kier molecular flexibility index (Phi) is 7.58. The molecule has 1 saturated carbocycles. The third-order valence-corrected chi connectivity index (χ3v) is 5.24. The summed E-state index contributed by atoms with van der Waals surface area (Å²) in [5.74, 6) is -0.538. The van der Waals surface area contributed by atoms with Crippen molar-refractivity contribution in [3.8, 4) is 6.57 Å². The monoisotopic (exact) mass is 447 g/mol. The van der Waals surface area contributed by atoms with E-state index in [1.807, 2.05) is 4.68 Å². The van der Waals surface area contributed by atoms with Crippen LogP contribution in [0.2, 0.25) is 0 Å². The number of carbonyl (C=O) groups is 2. The highest BCUT2D eigenvalue weighted by Crippen LogP contribution is 2.30. The van der Waals surface area contributed by atoms with E-state index in [1.54, 1.807) is 24.4 Å². The number of carbonyl (C=O) groups excluding carboxylic acids is 2. The molecule has 1 aromatic heterocycles. The molecule has 2 aromatic rings. The largest absolute Gasteiger partial charge is 0.465 e. The Bertz CT molecular complexity index is 872. The number of benzene rings is 1. The number of nitrogens with one attached hydrogen (secondary N) is 1. The highest BCUT2D eigenvalue weighted by molar-refractivity contribution is 9.10. The van der Waals surface area contributed by atoms with Gasteiger partial charge in [-0.15, -0.1) is 0 Å². The van der Waals surface area contributed by atoms with Gasteiger partial charge in [0.2, 0.25) is 0 Å². The van der Waals surface area contributed by atoms with Crippen molar-refractivity contribution in [3.63, 3.8) is 0 Å². The standard InChI is InChI=1S/C18H21BrN4O3.CHN/c1-26-18(25)13-8-7-11(9-15(13)19)21-17-14(16(20)24)10-23(22-17)12-5-3-2-4-6-12;1-2/h7-10,12H,2-6H2,1H3,(H2,20,24)(H,21,22);1H. The van der Waals surface area contributed by atoms with E-state index >= 15 is 0 Å². The maximum atomic E-state index is 11.8. The fourth-order valence-electron chi connectivity index (χ4n) is 3.20. The zero-order valence-corrected chi connectivity index (χ0v) is 17.1. The second kappa shape index (κ2) is 9.90. The number of amides is 1. The van der Waals surface area contributed by atoms with Gasteiger partial charge >= 0.3 is 5.97 Å². The number of rotatable bonds is 5. The number of esters is 1. The minimum atomic E-state index is -0.528. The van der Waals surface area contributed by atoms with Crippen molar-refractivity contribution in [3.05, 3.63) is 40.0 Å². The Hall–Kier alpha value is -2.86. The van der Waals surface area contributed by atoms with Crippen LogP contribution in [0.3, 0.4) is 0 Å². The van der Waals surface area contributed by atoms with Gasteiger partial charge in [0.15, 0.2) is 5.82 Å². The van der Waals surface area contributed by atoms with Gasteiger partial charge < -0.3 is 15.8 Å². The second-order valence-corrected chi connectivity index (χ2v) is 7.19. The van der Waals surface area contributed by atoms with Crippen LogP contribution >= 0.6 is 15.9 Å². The lowest BCUT2D eigenvalue weighted by atomic mass is 9.96. The first-order chi connectivity index (χ1) is 13.5. The minimum absolute atomic E-state index is 0.297. The summed E-state index contributed by atoms with van der Waals surface area (Å²) in [6, 6.07) is 5.39. The number of hydrogen-bond donors (Lipinski definition) is 2. The molecule has 1 amide bonds. The van der Waals surface area contributed by atoms with E-state index in [0.717, 1.165) is 12.8 Å². The van der Waals surface area contributed by atoms with E-state index in [1.165, 1.54) is 26.4 Å². The van der Waals surface area contributed by atoms with E-state index in [4.69, 9.17) is 15.7 Å². The Morgan fingerprint density at radius 3 is 2.54 bits per heavy atom. The molecule has 0 atom stereocenters. The normalized spacial score (nSPS) is 13.9. The molecule has 0 saturated heterocycles. The SMILES string of the molecule is C#N.COC(=O)c1ccc(Nc2nn(C3CCCCC3)cc2C(N)=O)cc1Br. The maximum Gasteiger partial charge on any atom is 0.339 e. The highest BCUT2D eigenvalue weighted by Gasteiger charge is 2.21. The van der Waals surface area contributed by atoms with Crippen molar-refractivity contribution in [1.82, 2.24) is 9.78 Å². The average molecular weight is 448 g/mol. The van der Waals surface area contributed by atoms with Crippen LogP contribution in [-0.4, -0.2) is 28.8 Å². The molecule has 1 heterocycles. The van der Waals surface area contributed by atoms with Crippen LogP contribution in [0.15, 0.2) is 28.9 Å².